The summed E-state index contributed by atoms with van der Waals surface area (Å²) in [5.74, 6) is -2.36. The summed E-state index contributed by atoms with van der Waals surface area (Å²) in [5.41, 5.74) is 0.483. The Kier molecular flexibility index (Phi) is 4.54. The largest absolute Gasteiger partial charge is 0.478 e. The maximum absolute atomic E-state index is 13.7. The van der Waals surface area contributed by atoms with E-state index in [4.69, 9.17) is 4.74 Å². The Morgan fingerprint density at radius 2 is 2.00 bits per heavy atom. The van der Waals surface area contributed by atoms with E-state index in [1.54, 1.807) is 19.0 Å². The molecule has 1 aromatic carbocycles. The van der Waals surface area contributed by atoms with Gasteiger partial charge in [-0.15, -0.1) is 0 Å². The number of hydrogen-bond acceptors (Lipinski definition) is 3. The van der Waals surface area contributed by atoms with E-state index >= 15 is 0 Å². The van der Waals surface area contributed by atoms with E-state index in [1.807, 2.05) is 0 Å². The third kappa shape index (κ3) is 3.45. The van der Waals surface area contributed by atoms with Crippen LogP contribution in [0, 0.1) is 11.6 Å². The molecule has 0 aliphatic heterocycles. The summed E-state index contributed by atoms with van der Waals surface area (Å²) in [4.78, 5) is 13.3. The lowest BCUT2D eigenvalue weighted by molar-refractivity contribution is -0.132. The highest BCUT2D eigenvalue weighted by molar-refractivity contribution is 5.78. The van der Waals surface area contributed by atoms with Gasteiger partial charge in [-0.3, -0.25) is 4.79 Å². The van der Waals surface area contributed by atoms with Crippen molar-refractivity contribution in [1.82, 2.24) is 10.2 Å². The number of nitrogens with one attached hydrogen (secondary N) is 1. The maximum atomic E-state index is 13.7. The molecule has 1 aromatic rings. The normalized spacial score (nSPS) is 14.2. The van der Waals surface area contributed by atoms with Crippen LogP contribution in [0.1, 0.15) is 18.4 Å². The van der Waals surface area contributed by atoms with Gasteiger partial charge in [0, 0.05) is 19.6 Å². The van der Waals surface area contributed by atoms with E-state index in [-0.39, 0.29) is 18.6 Å². The fourth-order valence-corrected chi connectivity index (χ4v) is 1.96. The second-order valence-electron chi connectivity index (χ2n) is 4.94. The van der Waals surface area contributed by atoms with E-state index < -0.39 is 17.4 Å². The molecular weight excluding hydrogens is 266 g/mol. The zero-order chi connectivity index (χ0) is 14.7. The smallest absolute Gasteiger partial charge is 0.260 e. The molecule has 20 heavy (non-hydrogen) atoms. The molecule has 1 N–H and O–H groups in total. The molecule has 2 rings (SSSR count). The predicted molar refractivity (Wildman–Crippen MR) is 70.4 cm³/mol. The highest BCUT2D eigenvalue weighted by Gasteiger charge is 2.29. The topological polar surface area (TPSA) is 41.6 Å². The fourth-order valence-electron chi connectivity index (χ4n) is 1.96. The number of likely N-dealkylation sites (N-methyl/N-ethyl adjacent to an activating group) is 1. The lowest BCUT2D eigenvalue weighted by atomic mass is 10.2. The molecule has 0 saturated heterocycles. The molecule has 0 aromatic heterocycles. The molecule has 1 aliphatic rings. The van der Waals surface area contributed by atoms with Crippen molar-refractivity contribution in [3.63, 3.8) is 0 Å². The lowest BCUT2D eigenvalue weighted by Crippen LogP contribution is -2.33. The summed E-state index contributed by atoms with van der Waals surface area (Å²) in [6, 6.07) is 2.65. The Bertz CT molecular complexity index is 481. The van der Waals surface area contributed by atoms with Crippen LogP contribution in [-0.2, 0) is 11.3 Å². The molecule has 4 nitrogen and oxygen atoms in total. The number of benzene rings is 1. The molecule has 1 aliphatic carbocycles. The molecule has 1 saturated carbocycles. The Hall–Kier alpha value is -1.69. The van der Waals surface area contributed by atoms with Gasteiger partial charge < -0.3 is 15.0 Å². The summed E-state index contributed by atoms with van der Waals surface area (Å²) < 4.78 is 32.5. The first-order valence-corrected chi connectivity index (χ1v) is 6.54. The summed E-state index contributed by atoms with van der Waals surface area (Å²) in [5, 5.41) is 2.81. The molecule has 0 unspecified atom stereocenters. The molecule has 0 atom stereocenters. The maximum Gasteiger partial charge on any atom is 0.260 e. The second kappa shape index (κ2) is 6.17. The van der Waals surface area contributed by atoms with Crippen LogP contribution in [0.3, 0.4) is 0 Å². The van der Waals surface area contributed by atoms with Gasteiger partial charge in [-0.1, -0.05) is 0 Å². The van der Waals surface area contributed by atoms with Crippen molar-refractivity contribution in [3.05, 3.63) is 29.3 Å². The van der Waals surface area contributed by atoms with Crippen LogP contribution >= 0.6 is 0 Å². The molecule has 1 fully saturated rings. The zero-order valence-electron chi connectivity index (χ0n) is 11.6. The van der Waals surface area contributed by atoms with Gasteiger partial charge in [0.15, 0.2) is 24.0 Å². The highest BCUT2D eigenvalue weighted by atomic mass is 19.1. The first kappa shape index (κ1) is 14.7. The monoisotopic (exact) mass is 284 g/mol. The Balaban J connectivity index is 2.00. The van der Waals surface area contributed by atoms with Gasteiger partial charge in [0.2, 0.25) is 0 Å². The minimum Gasteiger partial charge on any atom is -0.478 e. The summed E-state index contributed by atoms with van der Waals surface area (Å²) >= 11 is 0. The van der Waals surface area contributed by atoms with Crippen molar-refractivity contribution in [1.29, 1.82) is 0 Å². The van der Waals surface area contributed by atoms with Crippen molar-refractivity contribution in [2.75, 3.05) is 20.7 Å². The van der Waals surface area contributed by atoms with Gasteiger partial charge in [-0.05, 0) is 37.6 Å². The number of nitrogens with zero attached hydrogens (tertiary/aromatic N) is 1. The summed E-state index contributed by atoms with van der Waals surface area (Å²) in [6.45, 7) is 0.00365. The molecule has 110 valence electrons. The van der Waals surface area contributed by atoms with Gasteiger partial charge in [0.25, 0.3) is 5.91 Å². The zero-order valence-corrected chi connectivity index (χ0v) is 11.6. The van der Waals surface area contributed by atoms with E-state index in [0.717, 1.165) is 12.8 Å². The van der Waals surface area contributed by atoms with Gasteiger partial charge in [0.05, 0.1) is 0 Å². The van der Waals surface area contributed by atoms with E-state index in [0.29, 0.717) is 12.1 Å². The van der Waals surface area contributed by atoms with Gasteiger partial charge >= 0.3 is 0 Å². The van der Waals surface area contributed by atoms with Gasteiger partial charge in [-0.25, -0.2) is 8.78 Å². The van der Waals surface area contributed by atoms with Crippen LogP contribution in [0.15, 0.2) is 12.1 Å². The Morgan fingerprint density at radius 1 is 1.40 bits per heavy atom. The molecule has 1 amide bonds. The minimum atomic E-state index is -0.794. The van der Waals surface area contributed by atoms with Crippen LogP contribution in [0.25, 0.3) is 0 Å². The standard InChI is InChI=1S/C14H18F2N2O2/c1-17-7-9-5-11(15)14(12(16)6-9)20-8-13(19)18(2)10-3-4-10/h5-6,10,17H,3-4,7-8H2,1-2H3. The quantitative estimate of drug-likeness (QED) is 0.864. The molecule has 0 radical (unpaired) electrons. The number of rotatable bonds is 6. The molecule has 0 spiro atoms. The van der Waals surface area contributed by atoms with Crippen molar-refractivity contribution in [3.8, 4) is 5.75 Å². The second-order valence-corrected chi connectivity index (χ2v) is 4.94. The number of hydrogen-bond donors (Lipinski definition) is 1. The van der Waals surface area contributed by atoms with Crippen molar-refractivity contribution in [2.24, 2.45) is 0 Å². The summed E-state index contributed by atoms with van der Waals surface area (Å²) in [6.07, 6.45) is 1.95. The minimum absolute atomic E-state index is 0.249. The first-order valence-electron chi connectivity index (χ1n) is 6.54. The van der Waals surface area contributed by atoms with Crippen LogP contribution in [0.2, 0.25) is 0 Å². The van der Waals surface area contributed by atoms with Gasteiger partial charge in [-0.2, -0.15) is 0 Å². The van der Waals surface area contributed by atoms with Crippen LogP contribution in [0.4, 0.5) is 8.78 Å². The van der Waals surface area contributed by atoms with Crippen LogP contribution < -0.4 is 10.1 Å². The molecule has 0 heterocycles. The SMILES string of the molecule is CNCc1cc(F)c(OCC(=O)N(C)C2CC2)c(F)c1. The molecule has 6 heteroatoms. The number of carbonyl (C=O) groups excluding carboxylic acids is 1. The molecular formula is C14H18F2N2O2. The average molecular weight is 284 g/mol. The third-order valence-corrected chi connectivity index (χ3v) is 3.27. The van der Waals surface area contributed by atoms with E-state index in [2.05, 4.69) is 5.32 Å². The Labute approximate surface area is 116 Å². The number of amides is 1. The number of halogens is 2. The highest BCUT2D eigenvalue weighted by Crippen LogP contribution is 2.26. The van der Waals surface area contributed by atoms with Crippen LogP contribution in [-0.4, -0.2) is 37.6 Å². The predicted octanol–water partition coefficient (Wildman–Crippen LogP) is 1.68. The first-order chi connectivity index (χ1) is 9.52. The number of ether oxygens (including phenoxy) is 1. The average Bonchev–Trinajstić information content (AvgIpc) is 3.21. The van der Waals surface area contributed by atoms with E-state index in [9.17, 15) is 13.6 Å². The van der Waals surface area contributed by atoms with Crippen LogP contribution in [0.5, 0.6) is 5.75 Å². The molecule has 0 bridgehead atoms. The Morgan fingerprint density at radius 3 is 2.50 bits per heavy atom. The van der Waals surface area contributed by atoms with Crippen molar-refractivity contribution >= 4 is 5.91 Å². The fraction of sp³-hybridized carbons (Fsp3) is 0.500. The van der Waals surface area contributed by atoms with Crippen molar-refractivity contribution in [2.45, 2.75) is 25.4 Å². The lowest BCUT2D eigenvalue weighted by Gasteiger charge is -2.17. The van der Waals surface area contributed by atoms with Crippen molar-refractivity contribution < 1.29 is 18.3 Å². The summed E-state index contributed by atoms with van der Waals surface area (Å²) in [7, 11) is 3.36. The third-order valence-electron chi connectivity index (χ3n) is 3.27. The van der Waals surface area contributed by atoms with E-state index in [1.165, 1.54) is 12.1 Å². The number of carbonyl (C=O) groups is 1. The van der Waals surface area contributed by atoms with Gasteiger partial charge in [0.1, 0.15) is 0 Å².